The molecule has 0 atom stereocenters. The minimum Gasteiger partial charge on any atom is -0.493 e. The van der Waals surface area contributed by atoms with Crippen LogP contribution >= 0.6 is 15.9 Å². The Morgan fingerprint density at radius 1 is 1.24 bits per heavy atom. The minimum atomic E-state index is -0.0775. The molecule has 1 aromatic carbocycles. The molecule has 0 aliphatic rings. The predicted octanol–water partition coefficient (Wildman–Crippen LogP) is 3.76. The van der Waals surface area contributed by atoms with E-state index in [1.807, 2.05) is 6.07 Å². The fraction of sp³-hybridized carbons (Fsp3) is 0.625. The average Bonchev–Trinajstić information content (AvgIpc) is 2.43. The molecule has 0 saturated heterocycles. The summed E-state index contributed by atoms with van der Waals surface area (Å²) >= 11 is 3.56. The van der Waals surface area contributed by atoms with Crippen molar-refractivity contribution in [2.75, 3.05) is 27.4 Å². The molecule has 0 aliphatic carbocycles. The number of methoxy groups -OCH3 is 2. The molecule has 0 aromatic heterocycles. The summed E-state index contributed by atoms with van der Waals surface area (Å²) in [6, 6.07) is 4.06. The number of benzene rings is 1. The smallest absolute Gasteiger partial charge is 0.175 e. The summed E-state index contributed by atoms with van der Waals surface area (Å²) in [6.45, 7) is 8.37. The fourth-order valence-electron chi connectivity index (χ4n) is 1.97. The van der Waals surface area contributed by atoms with Crippen LogP contribution < -0.4 is 14.8 Å². The Labute approximate surface area is 136 Å². The highest BCUT2D eigenvalue weighted by molar-refractivity contribution is 9.10. The van der Waals surface area contributed by atoms with Gasteiger partial charge in [0.25, 0.3) is 0 Å². The van der Waals surface area contributed by atoms with Gasteiger partial charge in [-0.15, -0.1) is 0 Å². The van der Waals surface area contributed by atoms with Gasteiger partial charge in [0.15, 0.2) is 11.5 Å². The third-order valence-corrected chi connectivity index (χ3v) is 3.61. The highest BCUT2D eigenvalue weighted by atomic mass is 79.9. The topological polar surface area (TPSA) is 39.7 Å². The number of hydrogen-bond acceptors (Lipinski definition) is 4. The van der Waals surface area contributed by atoms with E-state index < -0.39 is 0 Å². The maximum atomic E-state index is 5.73. The molecule has 1 rings (SSSR count). The molecule has 0 radical (unpaired) electrons. The van der Waals surface area contributed by atoms with Crippen molar-refractivity contribution in [3.05, 3.63) is 22.2 Å². The van der Waals surface area contributed by atoms with E-state index in [9.17, 15) is 0 Å². The Morgan fingerprint density at radius 3 is 2.52 bits per heavy atom. The number of hydrogen-bond donors (Lipinski definition) is 1. The van der Waals surface area contributed by atoms with Crippen molar-refractivity contribution in [1.82, 2.24) is 5.32 Å². The highest BCUT2D eigenvalue weighted by Crippen LogP contribution is 2.36. The molecule has 0 unspecified atom stereocenters. The van der Waals surface area contributed by atoms with Gasteiger partial charge >= 0.3 is 0 Å². The van der Waals surface area contributed by atoms with E-state index in [1.54, 1.807) is 14.2 Å². The van der Waals surface area contributed by atoms with Crippen LogP contribution in [0.3, 0.4) is 0 Å². The van der Waals surface area contributed by atoms with Gasteiger partial charge in [0.05, 0.1) is 24.8 Å². The van der Waals surface area contributed by atoms with Gasteiger partial charge in [-0.25, -0.2) is 0 Å². The number of rotatable bonds is 9. The van der Waals surface area contributed by atoms with Crippen LogP contribution in [0.5, 0.6) is 11.5 Å². The molecule has 21 heavy (non-hydrogen) atoms. The summed E-state index contributed by atoms with van der Waals surface area (Å²) in [5.74, 6) is 1.51. The third kappa shape index (κ3) is 5.85. The Morgan fingerprint density at radius 2 is 1.95 bits per heavy atom. The maximum absolute atomic E-state index is 5.73. The van der Waals surface area contributed by atoms with Crippen molar-refractivity contribution in [3.8, 4) is 11.5 Å². The highest BCUT2D eigenvalue weighted by Gasteiger charge is 2.17. The lowest BCUT2D eigenvalue weighted by molar-refractivity contribution is 0.127. The van der Waals surface area contributed by atoms with Gasteiger partial charge in [-0.05, 0) is 53.9 Å². The first-order valence-corrected chi connectivity index (χ1v) is 7.96. The van der Waals surface area contributed by atoms with Crippen LogP contribution in [0.1, 0.15) is 32.8 Å². The van der Waals surface area contributed by atoms with E-state index in [2.05, 4.69) is 48.1 Å². The molecule has 0 spiro atoms. The molecule has 1 aromatic rings. The molecule has 1 N–H and O–H groups in total. The molecule has 0 heterocycles. The maximum Gasteiger partial charge on any atom is 0.175 e. The van der Waals surface area contributed by atoms with Gasteiger partial charge in [0.2, 0.25) is 0 Å². The molecular formula is C16H26BrNO3. The van der Waals surface area contributed by atoms with Crippen LogP contribution in [0.25, 0.3) is 0 Å². The number of halogens is 1. The van der Waals surface area contributed by atoms with E-state index in [0.717, 1.165) is 34.5 Å². The van der Waals surface area contributed by atoms with Crippen LogP contribution in [-0.4, -0.2) is 33.0 Å². The number of nitrogens with one attached hydrogen (secondary N) is 1. The lowest BCUT2D eigenvalue weighted by atomic mass is 10.1. The van der Waals surface area contributed by atoms with Gasteiger partial charge in [0, 0.05) is 19.2 Å². The molecule has 0 saturated carbocycles. The molecule has 0 amide bonds. The van der Waals surface area contributed by atoms with Gasteiger partial charge in [0.1, 0.15) is 0 Å². The summed E-state index contributed by atoms with van der Waals surface area (Å²) in [4.78, 5) is 0. The molecule has 5 heteroatoms. The van der Waals surface area contributed by atoms with Gasteiger partial charge < -0.3 is 19.5 Å². The SMILES string of the molecule is CCCOc1c(Br)cc(CNC(C)(C)COC)cc1OC. The van der Waals surface area contributed by atoms with E-state index >= 15 is 0 Å². The quantitative estimate of drug-likeness (QED) is 0.728. The minimum absolute atomic E-state index is 0.0775. The lowest BCUT2D eigenvalue weighted by Gasteiger charge is -2.25. The first-order valence-electron chi connectivity index (χ1n) is 7.16. The van der Waals surface area contributed by atoms with Gasteiger partial charge in [-0.3, -0.25) is 0 Å². The van der Waals surface area contributed by atoms with Crippen molar-refractivity contribution in [1.29, 1.82) is 0 Å². The predicted molar refractivity (Wildman–Crippen MR) is 89.3 cm³/mol. The second kappa shape index (κ2) is 8.61. The largest absolute Gasteiger partial charge is 0.493 e. The second-order valence-electron chi connectivity index (χ2n) is 5.63. The van der Waals surface area contributed by atoms with Crippen LogP contribution in [0.15, 0.2) is 16.6 Å². The standard InChI is InChI=1S/C16H26BrNO3/c1-6-7-21-15-13(17)8-12(9-14(15)20-5)10-18-16(2,3)11-19-4/h8-9,18H,6-7,10-11H2,1-5H3. The van der Waals surface area contributed by atoms with Gasteiger partial charge in [-0.2, -0.15) is 0 Å². The Balaban J connectivity index is 2.83. The first kappa shape index (κ1) is 18.3. The van der Waals surface area contributed by atoms with Crippen molar-refractivity contribution >= 4 is 15.9 Å². The summed E-state index contributed by atoms with van der Waals surface area (Å²) in [5.41, 5.74) is 1.05. The summed E-state index contributed by atoms with van der Waals surface area (Å²) < 4.78 is 17.3. The Bertz CT molecular complexity index is 449. The third-order valence-electron chi connectivity index (χ3n) is 3.02. The van der Waals surface area contributed by atoms with Crippen LogP contribution in [-0.2, 0) is 11.3 Å². The van der Waals surface area contributed by atoms with Crippen molar-refractivity contribution in [2.45, 2.75) is 39.3 Å². The Kier molecular flexibility index (Phi) is 7.49. The average molecular weight is 360 g/mol. The molecule has 0 bridgehead atoms. The molecule has 0 aliphatic heterocycles. The summed E-state index contributed by atoms with van der Waals surface area (Å²) in [5, 5.41) is 3.48. The van der Waals surface area contributed by atoms with Crippen molar-refractivity contribution < 1.29 is 14.2 Å². The summed E-state index contributed by atoms with van der Waals surface area (Å²) in [7, 11) is 3.37. The molecule has 4 nitrogen and oxygen atoms in total. The van der Waals surface area contributed by atoms with Crippen LogP contribution in [0.4, 0.5) is 0 Å². The van der Waals surface area contributed by atoms with E-state index in [1.165, 1.54) is 0 Å². The normalized spacial score (nSPS) is 11.5. The second-order valence-corrected chi connectivity index (χ2v) is 6.48. The van der Waals surface area contributed by atoms with Crippen LogP contribution in [0, 0.1) is 0 Å². The number of ether oxygens (including phenoxy) is 3. The zero-order valence-corrected chi connectivity index (χ0v) is 15.2. The zero-order valence-electron chi connectivity index (χ0n) is 13.6. The summed E-state index contributed by atoms with van der Waals surface area (Å²) in [6.07, 6.45) is 0.962. The van der Waals surface area contributed by atoms with Gasteiger partial charge in [-0.1, -0.05) is 6.92 Å². The van der Waals surface area contributed by atoms with E-state index in [0.29, 0.717) is 13.2 Å². The van der Waals surface area contributed by atoms with Crippen LogP contribution in [0.2, 0.25) is 0 Å². The van der Waals surface area contributed by atoms with Crippen molar-refractivity contribution in [3.63, 3.8) is 0 Å². The van der Waals surface area contributed by atoms with Crippen molar-refractivity contribution in [2.24, 2.45) is 0 Å². The van der Waals surface area contributed by atoms with E-state index in [-0.39, 0.29) is 5.54 Å². The van der Waals surface area contributed by atoms with E-state index in [4.69, 9.17) is 14.2 Å². The zero-order chi connectivity index (χ0) is 15.9. The fourth-order valence-corrected chi connectivity index (χ4v) is 2.58. The first-order chi connectivity index (χ1) is 9.93. The Hall–Kier alpha value is -0.780. The molecule has 120 valence electrons. The monoisotopic (exact) mass is 359 g/mol. The molecule has 0 fully saturated rings. The molecular weight excluding hydrogens is 334 g/mol. The lowest BCUT2D eigenvalue weighted by Crippen LogP contribution is -2.42.